The summed E-state index contributed by atoms with van der Waals surface area (Å²) in [5.41, 5.74) is 0.203. The summed E-state index contributed by atoms with van der Waals surface area (Å²) in [6, 6.07) is 0.502. The number of rotatable bonds is 4. The third-order valence-electron chi connectivity index (χ3n) is 3.54. The maximum atomic E-state index is 12.2. The molecule has 0 saturated carbocycles. The van der Waals surface area contributed by atoms with Gasteiger partial charge < -0.3 is 14.9 Å². The summed E-state index contributed by atoms with van der Waals surface area (Å²) in [5.74, 6) is -1.19. The molecule has 0 aromatic carbocycles. The van der Waals surface area contributed by atoms with Gasteiger partial charge in [-0.2, -0.15) is 0 Å². The minimum absolute atomic E-state index is 0.182. The van der Waals surface area contributed by atoms with Gasteiger partial charge in [-0.3, -0.25) is 9.59 Å². The Morgan fingerprint density at radius 1 is 1.40 bits per heavy atom. The predicted octanol–water partition coefficient (Wildman–Crippen LogP) is -0.471. The highest BCUT2D eigenvalue weighted by Gasteiger charge is 2.26. The number of hydrogen-bond acceptors (Lipinski definition) is 5. The molecule has 1 N–H and O–H groups in total. The Labute approximate surface area is 117 Å². The quantitative estimate of drug-likeness (QED) is 0.802. The van der Waals surface area contributed by atoms with Crippen LogP contribution in [-0.4, -0.2) is 75.0 Å². The summed E-state index contributed by atoms with van der Waals surface area (Å²) in [5, 5.41) is 16.0. The number of carboxylic acid groups (broad SMARTS) is 1. The molecule has 1 saturated heterocycles. The minimum atomic E-state index is -1.01. The first-order chi connectivity index (χ1) is 9.47. The topological polar surface area (TPSA) is 91.6 Å². The minimum Gasteiger partial charge on any atom is -0.480 e. The first-order valence-electron chi connectivity index (χ1n) is 6.55. The number of carbonyl (C=O) groups is 2. The van der Waals surface area contributed by atoms with Crippen molar-refractivity contribution in [2.24, 2.45) is 0 Å². The lowest BCUT2D eigenvalue weighted by Crippen LogP contribution is -2.44. The lowest BCUT2D eigenvalue weighted by molar-refractivity contribution is -0.137. The zero-order valence-corrected chi connectivity index (χ0v) is 11.7. The second kappa shape index (κ2) is 6.00. The first kappa shape index (κ1) is 14.4. The monoisotopic (exact) mass is 281 g/mol. The van der Waals surface area contributed by atoms with E-state index in [-0.39, 0.29) is 18.1 Å². The largest absolute Gasteiger partial charge is 0.480 e. The maximum Gasteiger partial charge on any atom is 0.325 e. The fourth-order valence-corrected chi connectivity index (χ4v) is 2.36. The van der Waals surface area contributed by atoms with E-state index >= 15 is 0 Å². The molecule has 1 aromatic heterocycles. The SMILES string of the molecule is CN(C)C1CCN(C(=O)c2cn(CC(=O)O)nn2)CC1. The summed E-state index contributed by atoms with van der Waals surface area (Å²) in [4.78, 5) is 26.7. The lowest BCUT2D eigenvalue weighted by Gasteiger charge is -2.34. The Hall–Kier alpha value is -1.96. The molecule has 8 heteroatoms. The summed E-state index contributed by atoms with van der Waals surface area (Å²) in [7, 11) is 4.08. The van der Waals surface area contributed by atoms with Gasteiger partial charge in [0, 0.05) is 19.1 Å². The number of piperidine rings is 1. The van der Waals surface area contributed by atoms with Crippen molar-refractivity contribution in [3.8, 4) is 0 Å². The van der Waals surface area contributed by atoms with Crippen LogP contribution < -0.4 is 0 Å². The average molecular weight is 281 g/mol. The molecule has 1 aliphatic rings. The van der Waals surface area contributed by atoms with E-state index in [4.69, 9.17) is 5.11 Å². The molecule has 2 rings (SSSR count). The highest BCUT2D eigenvalue weighted by molar-refractivity contribution is 5.92. The molecule has 8 nitrogen and oxygen atoms in total. The second-order valence-electron chi connectivity index (χ2n) is 5.18. The first-order valence-corrected chi connectivity index (χ1v) is 6.55. The molecule has 1 aromatic rings. The molecule has 20 heavy (non-hydrogen) atoms. The van der Waals surface area contributed by atoms with Crippen LogP contribution in [0.25, 0.3) is 0 Å². The van der Waals surface area contributed by atoms with Crippen LogP contribution in [0.4, 0.5) is 0 Å². The fraction of sp³-hybridized carbons (Fsp3) is 0.667. The molecule has 1 fully saturated rings. The van der Waals surface area contributed by atoms with Crippen molar-refractivity contribution in [3.05, 3.63) is 11.9 Å². The van der Waals surface area contributed by atoms with Crippen LogP contribution in [0.15, 0.2) is 6.20 Å². The average Bonchev–Trinajstić information content (AvgIpc) is 2.85. The normalized spacial score (nSPS) is 16.6. The Balaban J connectivity index is 1.95. The molecule has 0 aliphatic carbocycles. The van der Waals surface area contributed by atoms with Crippen LogP contribution >= 0.6 is 0 Å². The molecular formula is C12H19N5O3. The van der Waals surface area contributed by atoms with Crippen LogP contribution in [0.2, 0.25) is 0 Å². The standard InChI is InChI=1S/C12H19N5O3/c1-15(2)9-3-5-16(6-4-9)12(20)10-7-17(14-13-10)8-11(18)19/h7,9H,3-6,8H2,1-2H3,(H,18,19). The van der Waals surface area contributed by atoms with Crippen molar-refractivity contribution in [3.63, 3.8) is 0 Å². The molecule has 1 amide bonds. The van der Waals surface area contributed by atoms with E-state index in [9.17, 15) is 9.59 Å². The van der Waals surface area contributed by atoms with Crippen LogP contribution in [0.5, 0.6) is 0 Å². The third-order valence-corrected chi connectivity index (χ3v) is 3.54. The van der Waals surface area contributed by atoms with E-state index in [0.717, 1.165) is 17.5 Å². The molecule has 0 spiro atoms. The van der Waals surface area contributed by atoms with Gasteiger partial charge in [0.05, 0.1) is 6.20 Å². The van der Waals surface area contributed by atoms with Gasteiger partial charge in [-0.05, 0) is 26.9 Å². The smallest absolute Gasteiger partial charge is 0.325 e. The van der Waals surface area contributed by atoms with Gasteiger partial charge in [-0.15, -0.1) is 5.10 Å². The number of amides is 1. The Kier molecular flexibility index (Phi) is 4.33. The molecular weight excluding hydrogens is 262 g/mol. The van der Waals surface area contributed by atoms with Crippen LogP contribution in [0, 0.1) is 0 Å². The summed E-state index contributed by atoms with van der Waals surface area (Å²) < 4.78 is 1.15. The van der Waals surface area contributed by atoms with Gasteiger partial charge in [-0.1, -0.05) is 5.21 Å². The van der Waals surface area contributed by atoms with Crippen molar-refractivity contribution in [2.75, 3.05) is 27.2 Å². The van der Waals surface area contributed by atoms with Crippen molar-refractivity contribution < 1.29 is 14.7 Å². The molecule has 0 bridgehead atoms. The van der Waals surface area contributed by atoms with Gasteiger partial charge in [0.25, 0.3) is 5.91 Å². The van der Waals surface area contributed by atoms with Crippen molar-refractivity contribution in [2.45, 2.75) is 25.4 Å². The molecule has 2 heterocycles. The number of carboxylic acids is 1. The van der Waals surface area contributed by atoms with E-state index in [2.05, 4.69) is 15.2 Å². The number of likely N-dealkylation sites (tertiary alicyclic amines) is 1. The number of nitrogens with zero attached hydrogens (tertiary/aromatic N) is 5. The summed E-state index contributed by atoms with van der Waals surface area (Å²) >= 11 is 0. The van der Waals surface area contributed by atoms with Crippen molar-refractivity contribution in [1.82, 2.24) is 24.8 Å². The zero-order valence-electron chi connectivity index (χ0n) is 11.7. The number of hydrogen-bond donors (Lipinski definition) is 1. The van der Waals surface area contributed by atoms with Gasteiger partial charge >= 0.3 is 5.97 Å². The van der Waals surface area contributed by atoms with Crippen molar-refractivity contribution in [1.29, 1.82) is 0 Å². The zero-order chi connectivity index (χ0) is 14.7. The molecule has 0 atom stereocenters. The van der Waals surface area contributed by atoms with Gasteiger partial charge in [0.1, 0.15) is 6.54 Å². The van der Waals surface area contributed by atoms with Crippen LogP contribution in [0.3, 0.4) is 0 Å². The summed E-state index contributed by atoms with van der Waals surface area (Å²) in [6.07, 6.45) is 3.25. The Morgan fingerprint density at radius 2 is 2.05 bits per heavy atom. The number of carbonyl (C=O) groups excluding carboxylic acids is 1. The van der Waals surface area contributed by atoms with Crippen molar-refractivity contribution >= 4 is 11.9 Å². The van der Waals surface area contributed by atoms with E-state index in [0.29, 0.717) is 19.1 Å². The van der Waals surface area contributed by atoms with E-state index in [1.807, 2.05) is 14.1 Å². The van der Waals surface area contributed by atoms with Gasteiger partial charge in [0.15, 0.2) is 5.69 Å². The van der Waals surface area contributed by atoms with Crippen LogP contribution in [-0.2, 0) is 11.3 Å². The Bertz CT molecular complexity index is 491. The predicted molar refractivity (Wildman–Crippen MR) is 70.3 cm³/mol. The van der Waals surface area contributed by atoms with E-state index in [1.165, 1.54) is 6.20 Å². The highest BCUT2D eigenvalue weighted by Crippen LogP contribution is 2.15. The van der Waals surface area contributed by atoms with Crippen LogP contribution in [0.1, 0.15) is 23.3 Å². The molecule has 0 unspecified atom stereocenters. The third kappa shape index (κ3) is 3.32. The molecule has 0 radical (unpaired) electrons. The number of aliphatic carboxylic acids is 1. The second-order valence-corrected chi connectivity index (χ2v) is 5.18. The number of aromatic nitrogens is 3. The molecule has 110 valence electrons. The Morgan fingerprint density at radius 3 is 2.60 bits per heavy atom. The van der Waals surface area contributed by atoms with E-state index < -0.39 is 5.97 Å². The van der Waals surface area contributed by atoms with Gasteiger partial charge in [-0.25, -0.2) is 4.68 Å². The fourth-order valence-electron chi connectivity index (χ4n) is 2.36. The lowest BCUT2D eigenvalue weighted by atomic mass is 10.0. The molecule has 1 aliphatic heterocycles. The highest BCUT2D eigenvalue weighted by atomic mass is 16.4. The van der Waals surface area contributed by atoms with E-state index in [1.54, 1.807) is 4.90 Å². The van der Waals surface area contributed by atoms with Gasteiger partial charge in [0.2, 0.25) is 0 Å². The summed E-state index contributed by atoms with van der Waals surface area (Å²) in [6.45, 7) is 1.09. The maximum absolute atomic E-state index is 12.2.